The van der Waals surface area contributed by atoms with E-state index in [4.69, 9.17) is 21.1 Å². The summed E-state index contributed by atoms with van der Waals surface area (Å²) in [7, 11) is 3.15. The lowest BCUT2D eigenvalue weighted by molar-refractivity contribution is 0.0993. The lowest BCUT2D eigenvalue weighted by Gasteiger charge is -2.09. The average Bonchev–Trinajstić information content (AvgIpc) is 2.49. The van der Waals surface area contributed by atoms with Crippen molar-refractivity contribution in [3.63, 3.8) is 0 Å². The molecule has 0 fully saturated rings. The molecular formula is C16H14ClIO3. The first-order valence-electron chi connectivity index (χ1n) is 6.24. The van der Waals surface area contributed by atoms with Gasteiger partial charge in [0.2, 0.25) is 0 Å². The van der Waals surface area contributed by atoms with Crippen molar-refractivity contribution >= 4 is 40.0 Å². The van der Waals surface area contributed by atoms with Crippen LogP contribution in [0.25, 0.3) is 0 Å². The molecule has 0 amide bonds. The highest BCUT2D eigenvalue weighted by molar-refractivity contribution is 14.1. The Morgan fingerprint density at radius 3 is 2.43 bits per heavy atom. The van der Waals surface area contributed by atoms with Crippen molar-refractivity contribution in [1.82, 2.24) is 0 Å². The first-order chi connectivity index (χ1) is 10.0. The molecule has 0 aliphatic rings. The van der Waals surface area contributed by atoms with Crippen molar-refractivity contribution in [2.24, 2.45) is 0 Å². The van der Waals surface area contributed by atoms with E-state index in [1.54, 1.807) is 32.4 Å². The van der Waals surface area contributed by atoms with Crippen LogP contribution < -0.4 is 9.47 Å². The molecule has 0 saturated heterocycles. The molecule has 0 aliphatic carbocycles. The maximum Gasteiger partial charge on any atom is 0.167 e. The van der Waals surface area contributed by atoms with Gasteiger partial charge in [0.15, 0.2) is 17.3 Å². The maximum atomic E-state index is 12.3. The van der Waals surface area contributed by atoms with E-state index in [0.29, 0.717) is 22.1 Å². The Balaban J connectivity index is 2.21. The maximum absolute atomic E-state index is 12.3. The summed E-state index contributed by atoms with van der Waals surface area (Å²) in [5.41, 5.74) is 1.47. The minimum Gasteiger partial charge on any atom is -0.493 e. The molecule has 0 N–H and O–H groups in total. The van der Waals surface area contributed by atoms with Gasteiger partial charge >= 0.3 is 0 Å². The number of Topliss-reactive ketones (excluding diaryl/α,β-unsaturated/α-hetero) is 1. The summed E-state index contributed by atoms with van der Waals surface area (Å²) in [4.78, 5) is 12.3. The van der Waals surface area contributed by atoms with Crippen LogP contribution in [0.3, 0.4) is 0 Å². The number of carbonyl (C=O) groups is 1. The van der Waals surface area contributed by atoms with Gasteiger partial charge in [-0.2, -0.15) is 0 Å². The SMILES string of the molecule is COc1ccc(CC(=O)c2ccc(I)c(Cl)c2)cc1OC. The molecule has 21 heavy (non-hydrogen) atoms. The van der Waals surface area contributed by atoms with Gasteiger partial charge < -0.3 is 9.47 Å². The first-order valence-corrected chi connectivity index (χ1v) is 7.70. The van der Waals surface area contributed by atoms with Crippen molar-refractivity contribution < 1.29 is 14.3 Å². The van der Waals surface area contributed by atoms with Gasteiger partial charge in [0.05, 0.1) is 19.2 Å². The highest BCUT2D eigenvalue weighted by Crippen LogP contribution is 2.28. The summed E-state index contributed by atoms with van der Waals surface area (Å²) in [6, 6.07) is 10.8. The third-order valence-corrected chi connectivity index (χ3v) is 4.63. The summed E-state index contributed by atoms with van der Waals surface area (Å²) in [6.07, 6.45) is 0.289. The molecule has 2 rings (SSSR count). The molecule has 2 aromatic carbocycles. The monoisotopic (exact) mass is 416 g/mol. The zero-order valence-electron chi connectivity index (χ0n) is 11.7. The van der Waals surface area contributed by atoms with Crippen LogP contribution in [0, 0.1) is 3.57 Å². The Morgan fingerprint density at radius 1 is 1.10 bits per heavy atom. The van der Waals surface area contributed by atoms with Crippen LogP contribution in [0.5, 0.6) is 11.5 Å². The number of benzene rings is 2. The van der Waals surface area contributed by atoms with Crippen LogP contribution in [0.4, 0.5) is 0 Å². The zero-order chi connectivity index (χ0) is 15.4. The van der Waals surface area contributed by atoms with Crippen molar-refractivity contribution in [3.8, 4) is 11.5 Å². The molecule has 0 aromatic heterocycles. The summed E-state index contributed by atoms with van der Waals surface area (Å²) >= 11 is 8.18. The van der Waals surface area contributed by atoms with Crippen LogP contribution in [0.1, 0.15) is 15.9 Å². The third-order valence-electron chi connectivity index (χ3n) is 3.05. The Labute approximate surface area is 142 Å². The van der Waals surface area contributed by atoms with E-state index in [2.05, 4.69) is 22.6 Å². The molecule has 0 spiro atoms. The van der Waals surface area contributed by atoms with Crippen LogP contribution in [-0.4, -0.2) is 20.0 Å². The van der Waals surface area contributed by atoms with E-state index < -0.39 is 0 Å². The fraction of sp³-hybridized carbons (Fsp3) is 0.188. The standard InChI is InChI=1S/C16H14ClIO3/c1-20-15-6-3-10(8-16(15)21-2)7-14(19)11-4-5-13(18)12(17)9-11/h3-6,8-9H,7H2,1-2H3. The molecule has 3 nitrogen and oxygen atoms in total. The highest BCUT2D eigenvalue weighted by atomic mass is 127. The van der Waals surface area contributed by atoms with Gasteiger partial charge in [0, 0.05) is 15.6 Å². The number of ketones is 1. The molecule has 5 heteroatoms. The summed E-state index contributed by atoms with van der Waals surface area (Å²) in [5.74, 6) is 1.27. The second-order valence-electron chi connectivity index (χ2n) is 4.42. The number of halogens is 2. The Kier molecular flexibility index (Phi) is 5.47. The van der Waals surface area contributed by atoms with Gasteiger partial charge in [0.25, 0.3) is 0 Å². The largest absolute Gasteiger partial charge is 0.493 e. The van der Waals surface area contributed by atoms with Crippen LogP contribution in [-0.2, 0) is 6.42 Å². The molecule has 110 valence electrons. The minimum atomic E-state index is 0.0144. The van der Waals surface area contributed by atoms with Crippen LogP contribution in [0.15, 0.2) is 36.4 Å². The summed E-state index contributed by atoms with van der Waals surface area (Å²) in [6.45, 7) is 0. The molecule has 2 aromatic rings. The van der Waals surface area contributed by atoms with E-state index in [-0.39, 0.29) is 12.2 Å². The number of carbonyl (C=O) groups excluding carboxylic acids is 1. The lowest BCUT2D eigenvalue weighted by atomic mass is 10.0. The number of ether oxygens (including phenoxy) is 2. The molecule has 0 aliphatic heterocycles. The van der Waals surface area contributed by atoms with E-state index in [1.807, 2.05) is 18.2 Å². The zero-order valence-corrected chi connectivity index (χ0v) is 14.6. The number of hydrogen-bond donors (Lipinski definition) is 0. The molecular weight excluding hydrogens is 403 g/mol. The van der Waals surface area contributed by atoms with Crippen molar-refractivity contribution in [3.05, 3.63) is 56.1 Å². The molecule has 0 radical (unpaired) electrons. The van der Waals surface area contributed by atoms with Crippen molar-refractivity contribution in [2.45, 2.75) is 6.42 Å². The van der Waals surface area contributed by atoms with E-state index in [9.17, 15) is 4.79 Å². The predicted octanol–water partition coefficient (Wildman–Crippen LogP) is 4.39. The number of rotatable bonds is 5. The van der Waals surface area contributed by atoms with Gasteiger partial charge in [-0.25, -0.2) is 0 Å². The van der Waals surface area contributed by atoms with Crippen LogP contribution >= 0.6 is 34.2 Å². The van der Waals surface area contributed by atoms with E-state index >= 15 is 0 Å². The van der Waals surface area contributed by atoms with Crippen LogP contribution in [0.2, 0.25) is 5.02 Å². The average molecular weight is 417 g/mol. The summed E-state index contributed by atoms with van der Waals surface area (Å²) < 4.78 is 11.3. The highest BCUT2D eigenvalue weighted by Gasteiger charge is 2.11. The number of methoxy groups -OCH3 is 2. The van der Waals surface area contributed by atoms with E-state index in [1.165, 1.54) is 0 Å². The summed E-state index contributed by atoms with van der Waals surface area (Å²) in [5, 5.41) is 0.591. The molecule has 0 saturated carbocycles. The second-order valence-corrected chi connectivity index (χ2v) is 5.99. The van der Waals surface area contributed by atoms with Gasteiger partial charge in [-0.05, 0) is 52.4 Å². The Bertz CT molecular complexity index is 671. The van der Waals surface area contributed by atoms with Gasteiger partial charge in [-0.3, -0.25) is 4.79 Å². The normalized spacial score (nSPS) is 10.3. The molecule has 0 unspecified atom stereocenters. The lowest BCUT2D eigenvalue weighted by Crippen LogP contribution is -2.04. The molecule has 0 heterocycles. The Morgan fingerprint density at radius 2 is 1.81 bits per heavy atom. The smallest absolute Gasteiger partial charge is 0.167 e. The predicted molar refractivity (Wildman–Crippen MR) is 91.7 cm³/mol. The third kappa shape index (κ3) is 3.89. The second kappa shape index (κ2) is 7.13. The minimum absolute atomic E-state index is 0.0144. The Hall–Kier alpha value is -1.27. The number of hydrogen-bond acceptors (Lipinski definition) is 3. The molecule has 0 bridgehead atoms. The molecule has 0 atom stereocenters. The fourth-order valence-electron chi connectivity index (χ4n) is 1.95. The van der Waals surface area contributed by atoms with Gasteiger partial charge in [-0.1, -0.05) is 23.7 Å². The van der Waals surface area contributed by atoms with Crippen molar-refractivity contribution in [2.75, 3.05) is 14.2 Å². The topological polar surface area (TPSA) is 35.5 Å². The van der Waals surface area contributed by atoms with Gasteiger partial charge in [-0.15, -0.1) is 0 Å². The van der Waals surface area contributed by atoms with Gasteiger partial charge in [0.1, 0.15) is 0 Å². The fourth-order valence-corrected chi connectivity index (χ4v) is 2.46. The first kappa shape index (κ1) is 16.1. The van der Waals surface area contributed by atoms with E-state index in [0.717, 1.165) is 9.13 Å². The quantitative estimate of drug-likeness (QED) is 0.536. The van der Waals surface area contributed by atoms with Crippen molar-refractivity contribution in [1.29, 1.82) is 0 Å².